The monoisotopic (exact) mass is 172 g/mol. The largest absolute Gasteiger partial charge is 0.428 e. The number of carbonyl (C=O) groups excluding carboxylic acids is 2. The van der Waals surface area contributed by atoms with Crippen LogP contribution in [0.5, 0.6) is 0 Å². The van der Waals surface area contributed by atoms with E-state index in [0.717, 1.165) is 0 Å². The molecule has 0 rings (SSSR count). The normalized spacial score (nSPS) is 8.83. The lowest BCUT2D eigenvalue weighted by Gasteiger charge is -2.03. The number of carbonyl (C=O) groups is 2. The summed E-state index contributed by atoms with van der Waals surface area (Å²) in [6.45, 7) is 6.20. The molecule has 0 N–H and O–H groups in total. The number of ether oxygens (including phenoxy) is 2. The van der Waals surface area contributed by atoms with Gasteiger partial charge in [-0.3, -0.25) is 4.79 Å². The second-order valence-electron chi connectivity index (χ2n) is 2.20. The highest BCUT2D eigenvalue weighted by atomic mass is 16.7. The standard InChI is InChI=1S/C8H12O4/c1-4-7(9)11-5-12-8(10)6(2)3/h2,4-5H2,1,3H3. The minimum absolute atomic E-state index is 0.268. The summed E-state index contributed by atoms with van der Waals surface area (Å²) in [6, 6.07) is 0. The smallest absolute Gasteiger partial charge is 0.335 e. The second kappa shape index (κ2) is 5.35. The van der Waals surface area contributed by atoms with E-state index in [4.69, 9.17) is 0 Å². The average molecular weight is 172 g/mol. The highest BCUT2D eigenvalue weighted by Gasteiger charge is 2.03. The van der Waals surface area contributed by atoms with Gasteiger partial charge in [0.1, 0.15) is 0 Å². The fourth-order valence-electron chi connectivity index (χ4n) is 0.374. The van der Waals surface area contributed by atoms with Crippen molar-refractivity contribution in [3.05, 3.63) is 12.2 Å². The van der Waals surface area contributed by atoms with Crippen LogP contribution in [0.4, 0.5) is 0 Å². The molecule has 0 aliphatic rings. The van der Waals surface area contributed by atoms with Crippen molar-refractivity contribution < 1.29 is 19.1 Å². The maximum Gasteiger partial charge on any atom is 0.335 e. The Morgan fingerprint density at radius 3 is 2.33 bits per heavy atom. The van der Waals surface area contributed by atoms with Crippen LogP contribution in [0.25, 0.3) is 0 Å². The van der Waals surface area contributed by atoms with Gasteiger partial charge in [0.25, 0.3) is 0 Å². The Balaban J connectivity index is 3.50. The summed E-state index contributed by atoms with van der Waals surface area (Å²) < 4.78 is 8.98. The van der Waals surface area contributed by atoms with Crippen molar-refractivity contribution in [3.8, 4) is 0 Å². The molecule has 0 heterocycles. The van der Waals surface area contributed by atoms with Crippen LogP contribution in [-0.4, -0.2) is 18.7 Å². The molecular weight excluding hydrogens is 160 g/mol. The van der Waals surface area contributed by atoms with Gasteiger partial charge in [-0.1, -0.05) is 13.5 Å². The quantitative estimate of drug-likeness (QED) is 0.361. The molecule has 4 nitrogen and oxygen atoms in total. The van der Waals surface area contributed by atoms with Crippen LogP contribution < -0.4 is 0 Å². The van der Waals surface area contributed by atoms with Gasteiger partial charge in [-0.15, -0.1) is 0 Å². The molecule has 0 fully saturated rings. The zero-order valence-corrected chi connectivity index (χ0v) is 7.25. The summed E-state index contributed by atoms with van der Waals surface area (Å²) in [5.74, 6) is -0.955. The zero-order valence-electron chi connectivity index (χ0n) is 7.25. The average Bonchev–Trinajstić information content (AvgIpc) is 2.03. The molecule has 0 aliphatic heterocycles. The number of esters is 2. The van der Waals surface area contributed by atoms with Gasteiger partial charge in [0.15, 0.2) is 0 Å². The fraction of sp³-hybridized carbons (Fsp3) is 0.500. The van der Waals surface area contributed by atoms with Crippen molar-refractivity contribution in [1.82, 2.24) is 0 Å². The summed E-state index contributed by atoms with van der Waals surface area (Å²) in [5.41, 5.74) is 0.280. The summed E-state index contributed by atoms with van der Waals surface area (Å²) in [7, 11) is 0. The highest BCUT2D eigenvalue weighted by molar-refractivity contribution is 5.86. The van der Waals surface area contributed by atoms with Crippen LogP contribution in [0.2, 0.25) is 0 Å². The van der Waals surface area contributed by atoms with E-state index in [9.17, 15) is 9.59 Å². The van der Waals surface area contributed by atoms with E-state index in [2.05, 4.69) is 16.1 Å². The Hall–Kier alpha value is -1.32. The molecule has 4 heteroatoms. The SMILES string of the molecule is C=C(C)C(=O)OCOC(=O)CC. The third-order valence-corrected chi connectivity index (χ3v) is 1.05. The molecule has 0 unspecified atom stereocenters. The van der Waals surface area contributed by atoms with Crippen LogP contribution in [0.3, 0.4) is 0 Å². The first-order valence-corrected chi connectivity index (χ1v) is 3.56. The van der Waals surface area contributed by atoms with E-state index in [0.29, 0.717) is 0 Å². The molecule has 0 saturated heterocycles. The fourth-order valence-corrected chi connectivity index (χ4v) is 0.374. The van der Waals surface area contributed by atoms with Crippen molar-refractivity contribution in [1.29, 1.82) is 0 Å². The van der Waals surface area contributed by atoms with Crippen molar-refractivity contribution in [2.24, 2.45) is 0 Å². The van der Waals surface area contributed by atoms with Gasteiger partial charge in [-0.05, 0) is 6.92 Å². The summed E-state index contributed by atoms with van der Waals surface area (Å²) in [4.78, 5) is 21.2. The Morgan fingerprint density at radius 1 is 1.33 bits per heavy atom. The molecule has 0 aromatic carbocycles. The summed E-state index contributed by atoms with van der Waals surface area (Å²) >= 11 is 0. The number of hydrogen-bond donors (Lipinski definition) is 0. The van der Waals surface area contributed by atoms with E-state index in [1.807, 2.05) is 0 Å². The molecule has 0 atom stereocenters. The van der Waals surface area contributed by atoms with Gasteiger partial charge in [-0.2, -0.15) is 0 Å². The maximum atomic E-state index is 10.7. The maximum absolute atomic E-state index is 10.7. The molecule has 12 heavy (non-hydrogen) atoms. The van der Waals surface area contributed by atoms with E-state index < -0.39 is 11.9 Å². The van der Waals surface area contributed by atoms with Crippen molar-refractivity contribution in [2.45, 2.75) is 20.3 Å². The first-order valence-electron chi connectivity index (χ1n) is 3.56. The Bertz CT molecular complexity index is 195. The lowest BCUT2D eigenvalue weighted by molar-refractivity contribution is -0.164. The summed E-state index contributed by atoms with van der Waals surface area (Å²) in [5, 5.41) is 0. The first kappa shape index (κ1) is 10.7. The van der Waals surface area contributed by atoms with Gasteiger partial charge in [-0.25, -0.2) is 4.79 Å². The van der Waals surface area contributed by atoms with Crippen molar-refractivity contribution in [3.63, 3.8) is 0 Å². The Kier molecular flexibility index (Phi) is 4.76. The Morgan fingerprint density at radius 2 is 1.92 bits per heavy atom. The third-order valence-electron chi connectivity index (χ3n) is 1.05. The minimum atomic E-state index is -0.557. The van der Waals surface area contributed by atoms with E-state index in [1.165, 1.54) is 6.92 Å². The molecule has 0 saturated carbocycles. The molecule has 68 valence electrons. The second-order valence-corrected chi connectivity index (χ2v) is 2.20. The van der Waals surface area contributed by atoms with Gasteiger partial charge in [0.05, 0.1) is 0 Å². The topological polar surface area (TPSA) is 52.6 Å². The predicted octanol–water partition coefficient (Wildman–Crippen LogP) is 1.02. The van der Waals surface area contributed by atoms with E-state index >= 15 is 0 Å². The zero-order chi connectivity index (χ0) is 9.56. The summed E-state index contributed by atoms with van der Waals surface area (Å²) in [6.07, 6.45) is 0.268. The molecule has 0 bridgehead atoms. The van der Waals surface area contributed by atoms with Crippen molar-refractivity contribution >= 4 is 11.9 Å². The van der Waals surface area contributed by atoms with Crippen LogP contribution in [0.15, 0.2) is 12.2 Å². The van der Waals surface area contributed by atoms with Crippen molar-refractivity contribution in [2.75, 3.05) is 6.79 Å². The molecular formula is C8H12O4. The molecule has 0 aromatic heterocycles. The van der Waals surface area contributed by atoms with Crippen LogP contribution in [0.1, 0.15) is 20.3 Å². The van der Waals surface area contributed by atoms with E-state index in [-0.39, 0.29) is 18.8 Å². The lowest BCUT2D eigenvalue weighted by Crippen LogP contribution is -2.12. The first-order chi connectivity index (χ1) is 5.57. The molecule has 0 aliphatic carbocycles. The van der Waals surface area contributed by atoms with Gasteiger partial charge in [0, 0.05) is 12.0 Å². The Labute approximate surface area is 71.2 Å². The van der Waals surface area contributed by atoms with Crippen LogP contribution in [0, 0.1) is 0 Å². The third kappa shape index (κ3) is 4.49. The highest BCUT2D eigenvalue weighted by Crippen LogP contribution is 1.92. The minimum Gasteiger partial charge on any atom is -0.428 e. The predicted molar refractivity (Wildman–Crippen MR) is 42.2 cm³/mol. The molecule has 0 amide bonds. The molecule has 0 spiro atoms. The van der Waals surface area contributed by atoms with Gasteiger partial charge < -0.3 is 9.47 Å². The van der Waals surface area contributed by atoms with Crippen LogP contribution in [-0.2, 0) is 19.1 Å². The number of rotatable bonds is 4. The molecule has 0 radical (unpaired) electrons. The van der Waals surface area contributed by atoms with E-state index in [1.54, 1.807) is 6.92 Å². The lowest BCUT2D eigenvalue weighted by atomic mass is 10.4. The van der Waals surface area contributed by atoms with Gasteiger partial charge in [0.2, 0.25) is 6.79 Å². The molecule has 0 aromatic rings. The van der Waals surface area contributed by atoms with Gasteiger partial charge >= 0.3 is 11.9 Å². The number of hydrogen-bond acceptors (Lipinski definition) is 4. The van der Waals surface area contributed by atoms with Crippen LogP contribution >= 0.6 is 0 Å².